The number of nitriles is 1. The Morgan fingerprint density at radius 3 is 2.67 bits per heavy atom. The number of aromatic nitrogens is 1. The molecular weight excluding hydrogens is 597 g/mol. The van der Waals surface area contributed by atoms with Gasteiger partial charge in [-0.1, -0.05) is 23.7 Å². The number of carbonyl (C=O) groups is 2. The van der Waals surface area contributed by atoms with E-state index in [1.54, 1.807) is 13.0 Å². The molecule has 2 aliphatic heterocycles. The first-order valence-electron chi connectivity index (χ1n) is 12.8. The minimum absolute atomic E-state index is 0.00709. The second kappa shape index (κ2) is 10.9. The number of fused-ring (bicyclic) bond motifs is 1. The Labute approximate surface area is 246 Å². The molecule has 0 saturated carbocycles. The van der Waals surface area contributed by atoms with E-state index in [-0.39, 0.29) is 39.6 Å². The van der Waals surface area contributed by atoms with E-state index in [1.165, 1.54) is 23.2 Å². The Morgan fingerprint density at radius 2 is 1.98 bits per heavy atom. The van der Waals surface area contributed by atoms with Crippen LogP contribution in [0.1, 0.15) is 36.5 Å². The number of amides is 2. The zero-order chi connectivity index (χ0) is 31.3. The highest BCUT2D eigenvalue weighted by molar-refractivity contribution is 6.30. The largest absolute Gasteiger partial charge is 0.509 e. The lowest BCUT2D eigenvalue weighted by molar-refractivity contribution is -0.160. The highest BCUT2D eigenvalue weighted by Crippen LogP contribution is 2.43. The van der Waals surface area contributed by atoms with Crippen molar-refractivity contribution in [3.8, 4) is 17.2 Å². The van der Waals surface area contributed by atoms with E-state index >= 15 is 0 Å². The second-order valence-corrected chi connectivity index (χ2v) is 10.5. The zero-order valence-electron chi connectivity index (χ0n) is 22.3. The summed E-state index contributed by atoms with van der Waals surface area (Å²) < 4.78 is 69.3. The van der Waals surface area contributed by atoms with Gasteiger partial charge in [-0.15, -0.1) is 0 Å². The summed E-state index contributed by atoms with van der Waals surface area (Å²) in [5.41, 5.74) is -3.72. The van der Waals surface area contributed by atoms with Crippen LogP contribution in [0.3, 0.4) is 0 Å². The number of benzene rings is 2. The molecule has 2 aliphatic rings. The molecule has 5 rings (SSSR count). The van der Waals surface area contributed by atoms with Gasteiger partial charge in [0.05, 0.1) is 23.2 Å². The molecule has 0 radical (unpaired) electrons. The normalized spacial score (nSPS) is 18.9. The van der Waals surface area contributed by atoms with E-state index in [0.29, 0.717) is 18.9 Å². The highest BCUT2D eigenvalue weighted by atomic mass is 35.5. The Balaban J connectivity index is 1.57. The number of halogens is 6. The first-order valence-corrected chi connectivity index (χ1v) is 13.2. The first kappa shape index (κ1) is 29.9. The Kier molecular flexibility index (Phi) is 7.62. The van der Waals surface area contributed by atoms with Crippen LogP contribution in [0, 0.1) is 23.0 Å². The van der Waals surface area contributed by atoms with Crippen LogP contribution in [0.25, 0.3) is 11.1 Å². The van der Waals surface area contributed by atoms with Crippen LogP contribution in [0.15, 0.2) is 60.0 Å². The van der Waals surface area contributed by atoms with Gasteiger partial charge in [-0.05, 0) is 50.1 Å². The quantitative estimate of drug-likeness (QED) is 0.202. The predicted octanol–water partition coefficient (Wildman–Crippen LogP) is 6.13. The molecule has 3 heterocycles. The van der Waals surface area contributed by atoms with Crippen molar-refractivity contribution in [2.75, 3.05) is 11.9 Å². The second-order valence-electron chi connectivity index (χ2n) is 10.2. The lowest BCUT2D eigenvalue weighted by Crippen LogP contribution is -2.60. The van der Waals surface area contributed by atoms with E-state index in [2.05, 4.69) is 10.3 Å². The van der Waals surface area contributed by atoms with Gasteiger partial charge in [-0.25, -0.2) is 18.8 Å². The minimum atomic E-state index is -4.76. The fourth-order valence-corrected chi connectivity index (χ4v) is 5.45. The van der Waals surface area contributed by atoms with E-state index in [9.17, 15) is 41.9 Å². The van der Waals surface area contributed by atoms with Crippen LogP contribution in [0.4, 0.5) is 27.6 Å². The van der Waals surface area contributed by atoms with Crippen LogP contribution < -0.4 is 5.32 Å². The maximum Gasteiger partial charge on any atom is 0.416 e. The van der Waals surface area contributed by atoms with Gasteiger partial charge in [-0.2, -0.15) is 18.4 Å². The standard InChI is InChI=1S/C29H21ClF5N5O3/c1-28-8-3-9-40(28)39(14-15-4-2-5-20(31)23(15)32)27(43)22(24(28)41)26(42)38-21-7-6-18(29(33,34)35)11-19(21)17-10-16(12-36)25(30)37-13-17/h2,4-7,10-11,13,41H,3,8-9,14H2,1H3,(H,38,42)/t28-/m1/s1. The zero-order valence-corrected chi connectivity index (χ0v) is 23.0. The fourth-order valence-electron chi connectivity index (χ4n) is 5.31. The van der Waals surface area contributed by atoms with Crippen LogP contribution >= 0.6 is 11.6 Å². The Hall–Kier alpha value is -4.54. The number of aliphatic hydroxyl groups excluding tert-OH is 1. The van der Waals surface area contributed by atoms with Gasteiger partial charge in [0.1, 0.15) is 22.6 Å². The molecule has 0 spiro atoms. The molecule has 0 unspecified atom stereocenters. The summed E-state index contributed by atoms with van der Waals surface area (Å²) in [5.74, 6) is -5.05. The number of hydrogen-bond acceptors (Lipinski definition) is 6. The summed E-state index contributed by atoms with van der Waals surface area (Å²) in [6.45, 7) is 1.39. The van der Waals surface area contributed by atoms with E-state index in [4.69, 9.17) is 11.6 Å². The molecule has 1 fully saturated rings. The lowest BCUT2D eigenvalue weighted by Gasteiger charge is -2.46. The SMILES string of the molecule is C[C@]12CCCN1N(Cc1cccc(F)c1F)C(=O)C(C(=O)Nc1ccc(C(F)(F)F)cc1-c1cnc(Cl)c(C#N)c1)=C2O. The third kappa shape index (κ3) is 5.28. The van der Waals surface area contributed by atoms with Crippen LogP contribution in [-0.4, -0.2) is 44.0 Å². The van der Waals surface area contributed by atoms with Gasteiger partial charge >= 0.3 is 6.18 Å². The molecule has 1 atom stereocenters. The lowest BCUT2D eigenvalue weighted by atomic mass is 9.90. The van der Waals surface area contributed by atoms with Gasteiger partial charge in [0.25, 0.3) is 11.8 Å². The average molecular weight is 618 g/mol. The van der Waals surface area contributed by atoms with Gasteiger partial charge < -0.3 is 10.4 Å². The van der Waals surface area contributed by atoms with Crippen LogP contribution in [0.5, 0.6) is 0 Å². The van der Waals surface area contributed by atoms with Gasteiger partial charge in [0.2, 0.25) is 0 Å². The summed E-state index contributed by atoms with van der Waals surface area (Å²) in [5, 5.41) is 25.3. The van der Waals surface area contributed by atoms with Gasteiger partial charge in [0, 0.05) is 35.1 Å². The number of pyridine rings is 1. The molecule has 0 aliphatic carbocycles. The molecule has 43 heavy (non-hydrogen) atoms. The van der Waals surface area contributed by atoms with Crippen LogP contribution in [-0.2, 0) is 22.3 Å². The van der Waals surface area contributed by atoms with Crippen molar-refractivity contribution in [3.05, 3.63) is 93.5 Å². The summed E-state index contributed by atoms with van der Waals surface area (Å²) >= 11 is 5.89. The third-order valence-electron chi connectivity index (χ3n) is 7.53. The van der Waals surface area contributed by atoms with Gasteiger partial charge in [-0.3, -0.25) is 14.6 Å². The number of carbonyl (C=O) groups excluding carboxylic acids is 2. The molecule has 0 bridgehead atoms. The summed E-state index contributed by atoms with van der Waals surface area (Å²) in [4.78, 5) is 31.2. The fraction of sp³-hybridized carbons (Fsp3) is 0.241. The molecular formula is C29H21ClF5N5O3. The smallest absolute Gasteiger partial charge is 0.416 e. The number of aliphatic hydroxyl groups is 1. The Morgan fingerprint density at radius 1 is 1.23 bits per heavy atom. The van der Waals surface area contributed by atoms with Crippen molar-refractivity contribution in [2.45, 2.75) is 38.0 Å². The molecule has 8 nitrogen and oxygen atoms in total. The van der Waals surface area contributed by atoms with Gasteiger partial charge in [0.15, 0.2) is 11.6 Å². The van der Waals surface area contributed by atoms with E-state index < -0.39 is 58.6 Å². The van der Waals surface area contributed by atoms with Crippen LogP contribution in [0.2, 0.25) is 5.15 Å². The minimum Gasteiger partial charge on any atom is -0.509 e. The molecule has 2 amide bonds. The number of hydrogen-bond donors (Lipinski definition) is 2. The maximum absolute atomic E-state index is 14.6. The van der Waals surface area contributed by atoms with Crippen molar-refractivity contribution in [1.29, 1.82) is 5.26 Å². The number of alkyl halides is 3. The number of hydrazine groups is 1. The molecule has 3 aromatic rings. The topological polar surface area (TPSA) is 110 Å². The molecule has 2 aromatic carbocycles. The molecule has 2 N–H and O–H groups in total. The van der Waals surface area contributed by atoms with Crippen molar-refractivity contribution in [1.82, 2.24) is 15.0 Å². The number of nitrogens with one attached hydrogen (secondary N) is 1. The summed E-state index contributed by atoms with van der Waals surface area (Å²) in [6, 6.07) is 8.84. The summed E-state index contributed by atoms with van der Waals surface area (Å²) in [7, 11) is 0. The number of nitrogens with zero attached hydrogens (tertiary/aromatic N) is 4. The number of rotatable bonds is 5. The summed E-state index contributed by atoms with van der Waals surface area (Å²) in [6.07, 6.45) is -2.84. The monoisotopic (exact) mass is 617 g/mol. The Bertz CT molecular complexity index is 1740. The third-order valence-corrected chi connectivity index (χ3v) is 7.84. The number of anilines is 1. The highest BCUT2D eigenvalue weighted by Gasteiger charge is 2.52. The molecule has 1 saturated heterocycles. The predicted molar refractivity (Wildman–Crippen MR) is 144 cm³/mol. The molecule has 1 aromatic heterocycles. The first-order chi connectivity index (χ1) is 20.3. The maximum atomic E-state index is 14.6. The van der Waals surface area contributed by atoms with E-state index in [0.717, 1.165) is 29.4 Å². The van der Waals surface area contributed by atoms with E-state index in [1.807, 2.05) is 0 Å². The average Bonchev–Trinajstić information content (AvgIpc) is 3.36. The van der Waals surface area contributed by atoms with Crippen molar-refractivity contribution < 1.29 is 36.6 Å². The molecule has 14 heteroatoms. The molecule has 222 valence electrons. The van der Waals surface area contributed by atoms with Crippen molar-refractivity contribution in [2.24, 2.45) is 0 Å². The van der Waals surface area contributed by atoms with Crippen molar-refractivity contribution >= 4 is 29.1 Å². The van der Waals surface area contributed by atoms with Crippen molar-refractivity contribution in [3.63, 3.8) is 0 Å².